The largest absolute Gasteiger partial charge is 0.497 e. The van der Waals surface area contributed by atoms with E-state index < -0.39 is 11.4 Å². The van der Waals surface area contributed by atoms with Crippen molar-refractivity contribution in [2.24, 2.45) is 0 Å². The van der Waals surface area contributed by atoms with Gasteiger partial charge in [-0.1, -0.05) is 30.3 Å². The molecule has 0 amide bonds. The van der Waals surface area contributed by atoms with Crippen molar-refractivity contribution >= 4 is 11.8 Å². The summed E-state index contributed by atoms with van der Waals surface area (Å²) in [5.74, 6) is 1.91. The molecule has 0 aliphatic rings. The second-order valence-corrected chi connectivity index (χ2v) is 7.78. The smallest absolute Gasteiger partial charge is 0.355 e. The maximum atomic E-state index is 13.5. The van der Waals surface area contributed by atoms with E-state index in [2.05, 4.69) is 15.3 Å². The van der Waals surface area contributed by atoms with E-state index in [0.717, 1.165) is 15.7 Å². The minimum absolute atomic E-state index is 0.0777. The van der Waals surface area contributed by atoms with Crippen LogP contribution in [0.25, 0.3) is 0 Å². The van der Waals surface area contributed by atoms with Crippen molar-refractivity contribution in [3.05, 3.63) is 105 Å². The molecule has 0 saturated heterocycles. The molecule has 10 nitrogen and oxygen atoms in total. The minimum Gasteiger partial charge on any atom is -0.497 e. The second-order valence-electron chi connectivity index (χ2n) is 7.78. The second kappa shape index (κ2) is 10.6. The van der Waals surface area contributed by atoms with Gasteiger partial charge in [0.1, 0.15) is 17.3 Å². The fourth-order valence-corrected chi connectivity index (χ4v) is 3.54. The molecule has 0 fully saturated rings. The molecule has 0 aliphatic heterocycles. The normalized spacial score (nSPS) is 10.7. The molecule has 2 heterocycles. The van der Waals surface area contributed by atoms with Crippen LogP contribution >= 0.6 is 0 Å². The highest BCUT2D eigenvalue weighted by molar-refractivity contribution is 5.33. The highest BCUT2D eigenvalue weighted by atomic mass is 16.5. The zero-order valence-corrected chi connectivity index (χ0v) is 19.5. The Morgan fingerprint density at radius 2 is 1.37 bits per heavy atom. The molecule has 2 aromatic carbocycles. The van der Waals surface area contributed by atoms with Crippen molar-refractivity contribution in [3.63, 3.8) is 0 Å². The van der Waals surface area contributed by atoms with E-state index in [-0.39, 0.29) is 25.6 Å². The monoisotopic (exact) mass is 474 g/mol. The van der Waals surface area contributed by atoms with Crippen LogP contribution in [0.5, 0.6) is 11.5 Å². The standard InChI is InChI=1S/C25H26N6O4/c1-34-20-10-6-17(7-11-20)15-30-23(27-14-19-4-3-5-22(26)28-19)29-24(32)31(25(30)33)16-18-8-12-21(35-2)13-9-18/h3-13H,14-16H2,1-2H3,(H2,26,28)(H,27,29,32). The summed E-state index contributed by atoms with van der Waals surface area (Å²) < 4.78 is 12.9. The Balaban J connectivity index is 1.70. The maximum absolute atomic E-state index is 13.5. The van der Waals surface area contributed by atoms with Gasteiger partial charge in [0.05, 0.1) is 39.5 Å². The number of nitrogens with one attached hydrogen (secondary N) is 1. The summed E-state index contributed by atoms with van der Waals surface area (Å²) in [4.78, 5) is 34.8. The van der Waals surface area contributed by atoms with Crippen LogP contribution in [0.1, 0.15) is 16.8 Å². The third-order valence-corrected chi connectivity index (χ3v) is 5.41. The van der Waals surface area contributed by atoms with Crippen LogP contribution in [0.15, 0.2) is 76.3 Å². The Labute approximate surface area is 201 Å². The fraction of sp³-hybridized carbons (Fsp3) is 0.200. The number of nitrogen functional groups attached to an aromatic ring is 1. The number of anilines is 2. The number of methoxy groups -OCH3 is 2. The van der Waals surface area contributed by atoms with Gasteiger partial charge in [0.15, 0.2) is 0 Å². The number of rotatable bonds is 9. The van der Waals surface area contributed by atoms with Gasteiger partial charge in [-0.25, -0.2) is 19.1 Å². The predicted molar refractivity (Wildman–Crippen MR) is 133 cm³/mol. The first-order valence-corrected chi connectivity index (χ1v) is 10.9. The van der Waals surface area contributed by atoms with Gasteiger partial charge in [0.25, 0.3) is 0 Å². The topological polar surface area (TPSA) is 126 Å². The Hall–Kier alpha value is -4.60. The lowest BCUT2D eigenvalue weighted by molar-refractivity contribution is 0.414. The molecule has 0 aliphatic carbocycles. The van der Waals surface area contributed by atoms with Gasteiger partial charge >= 0.3 is 11.4 Å². The number of hydrogen-bond acceptors (Lipinski definition) is 8. The molecule has 0 spiro atoms. The van der Waals surface area contributed by atoms with E-state index in [1.807, 2.05) is 24.3 Å². The Kier molecular flexibility index (Phi) is 7.10. The van der Waals surface area contributed by atoms with Gasteiger partial charge < -0.3 is 20.5 Å². The van der Waals surface area contributed by atoms with Crippen molar-refractivity contribution in [3.8, 4) is 11.5 Å². The lowest BCUT2D eigenvalue weighted by atomic mass is 10.2. The third kappa shape index (κ3) is 5.67. The van der Waals surface area contributed by atoms with Gasteiger partial charge in [-0.15, -0.1) is 0 Å². The molecular weight excluding hydrogens is 448 g/mol. The molecule has 4 rings (SSSR count). The molecule has 180 valence electrons. The Morgan fingerprint density at radius 3 is 1.91 bits per heavy atom. The molecule has 2 aromatic heterocycles. The number of ether oxygens (including phenoxy) is 2. The highest BCUT2D eigenvalue weighted by Gasteiger charge is 2.15. The first-order chi connectivity index (χ1) is 17.0. The van der Waals surface area contributed by atoms with Gasteiger partial charge in [-0.3, -0.25) is 4.57 Å². The average molecular weight is 475 g/mol. The van der Waals surface area contributed by atoms with Gasteiger partial charge in [-0.05, 0) is 47.5 Å². The minimum atomic E-state index is -0.653. The molecule has 0 bridgehead atoms. The van der Waals surface area contributed by atoms with Crippen LogP contribution in [-0.4, -0.2) is 33.3 Å². The molecule has 3 N–H and O–H groups in total. The highest BCUT2D eigenvalue weighted by Crippen LogP contribution is 2.14. The van der Waals surface area contributed by atoms with E-state index in [4.69, 9.17) is 15.2 Å². The summed E-state index contributed by atoms with van der Waals surface area (Å²) in [6, 6.07) is 19.7. The number of hydrogen-bond donors (Lipinski definition) is 2. The quantitative estimate of drug-likeness (QED) is 0.378. The van der Waals surface area contributed by atoms with Crippen molar-refractivity contribution in [1.29, 1.82) is 0 Å². The van der Waals surface area contributed by atoms with Crippen LogP contribution in [0.2, 0.25) is 0 Å². The molecule has 4 aromatic rings. The van der Waals surface area contributed by atoms with Crippen molar-refractivity contribution in [1.82, 2.24) is 19.1 Å². The summed E-state index contributed by atoms with van der Waals surface area (Å²) in [5.41, 5.74) is 6.89. The van der Waals surface area contributed by atoms with Crippen LogP contribution in [0, 0.1) is 0 Å². The van der Waals surface area contributed by atoms with Crippen molar-refractivity contribution in [2.75, 3.05) is 25.3 Å². The number of aromatic nitrogens is 4. The van der Waals surface area contributed by atoms with Crippen molar-refractivity contribution < 1.29 is 9.47 Å². The Morgan fingerprint density at radius 1 is 0.800 bits per heavy atom. The van der Waals surface area contributed by atoms with Crippen LogP contribution < -0.4 is 31.9 Å². The van der Waals surface area contributed by atoms with E-state index in [1.165, 1.54) is 4.57 Å². The average Bonchev–Trinajstić information content (AvgIpc) is 2.88. The molecule has 0 saturated carbocycles. The molecule has 0 radical (unpaired) electrons. The predicted octanol–water partition coefficient (Wildman–Crippen LogP) is 2.11. The number of pyridine rings is 1. The Bertz CT molecular complexity index is 1410. The van der Waals surface area contributed by atoms with Crippen LogP contribution in [-0.2, 0) is 19.6 Å². The molecule has 10 heteroatoms. The molecule has 0 unspecified atom stereocenters. The van der Waals surface area contributed by atoms with Gasteiger partial charge in [0.2, 0.25) is 5.95 Å². The van der Waals surface area contributed by atoms with E-state index >= 15 is 0 Å². The van der Waals surface area contributed by atoms with Crippen LogP contribution in [0.4, 0.5) is 11.8 Å². The molecular formula is C25H26N6O4. The van der Waals surface area contributed by atoms with Crippen molar-refractivity contribution in [2.45, 2.75) is 19.6 Å². The van der Waals surface area contributed by atoms with E-state index in [1.54, 1.807) is 56.7 Å². The number of nitrogens with two attached hydrogens (primary N) is 1. The summed E-state index contributed by atoms with van der Waals surface area (Å²) in [5, 5.41) is 3.07. The molecule has 35 heavy (non-hydrogen) atoms. The van der Waals surface area contributed by atoms with E-state index in [0.29, 0.717) is 23.0 Å². The van der Waals surface area contributed by atoms with Crippen LogP contribution in [0.3, 0.4) is 0 Å². The van der Waals surface area contributed by atoms with E-state index in [9.17, 15) is 9.59 Å². The molecule has 0 atom stereocenters. The maximum Gasteiger partial charge on any atom is 0.355 e. The lowest BCUT2D eigenvalue weighted by Gasteiger charge is -2.16. The SMILES string of the molecule is COc1ccc(Cn2c(NCc3cccc(N)n3)nc(=O)n(Cc3ccc(OC)cc3)c2=O)cc1. The fourth-order valence-electron chi connectivity index (χ4n) is 3.54. The summed E-state index contributed by atoms with van der Waals surface area (Å²) in [7, 11) is 3.16. The first-order valence-electron chi connectivity index (χ1n) is 10.9. The summed E-state index contributed by atoms with van der Waals surface area (Å²) in [6.07, 6.45) is 0. The van der Waals surface area contributed by atoms with Gasteiger partial charge in [-0.2, -0.15) is 4.98 Å². The third-order valence-electron chi connectivity index (χ3n) is 5.41. The lowest BCUT2D eigenvalue weighted by Crippen LogP contribution is -2.43. The first kappa shape index (κ1) is 23.6. The summed E-state index contributed by atoms with van der Waals surface area (Å²) in [6.45, 7) is 0.516. The summed E-state index contributed by atoms with van der Waals surface area (Å²) >= 11 is 0. The zero-order chi connectivity index (χ0) is 24.8. The number of benzene rings is 2. The van der Waals surface area contributed by atoms with Gasteiger partial charge in [0, 0.05) is 0 Å². The number of nitrogens with zero attached hydrogens (tertiary/aromatic N) is 4. The zero-order valence-electron chi connectivity index (χ0n) is 19.5.